The number of fused-ring (bicyclic) bond motifs is 9. The zero-order valence-corrected chi connectivity index (χ0v) is 34.3. The van der Waals surface area contributed by atoms with Crippen LogP contribution in [0.3, 0.4) is 0 Å². The first-order chi connectivity index (χ1) is 31.2. The van der Waals surface area contributed by atoms with Gasteiger partial charge in [0.05, 0.1) is 0 Å². The predicted molar refractivity (Wildman–Crippen MR) is 268 cm³/mol. The molecule has 0 aliphatic heterocycles. The third kappa shape index (κ3) is 5.71. The molecule has 13 rings (SSSR count). The maximum atomic E-state index is 6.45. The minimum Gasteiger partial charge on any atom is -0.456 e. The molecule has 292 valence electrons. The highest BCUT2D eigenvalue weighted by atomic mass is 16.3. The molecule has 0 saturated heterocycles. The third-order valence-corrected chi connectivity index (χ3v) is 13.2. The van der Waals surface area contributed by atoms with Crippen molar-refractivity contribution in [3.63, 3.8) is 0 Å². The highest BCUT2D eigenvalue weighted by Crippen LogP contribution is 2.47. The summed E-state index contributed by atoms with van der Waals surface area (Å²) in [4.78, 5) is 0. The lowest BCUT2D eigenvalue weighted by Crippen LogP contribution is -1.93. The van der Waals surface area contributed by atoms with E-state index >= 15 is 0 Å². The second-order valence-electron chi connectivity index (χ2n) is 16.7. The summed E-state index contributed by atoms with van der Waals surface area (Å²) in [6, 6.07) is 84.6. The molecule has 1 heteroatoms. The molecule has 63 heavy (non-hydrogen) atoms. The van der Waals surface area contributed by atoms with Gasteiger partial charge < -0.3 is 4.42 Å². The van der Waals surface area contributed by atoms with Crippen LogP contribution in [0.2, 0.25) is 0 Å². The normalized spacial score (nSPS) is 11.8. The van der Waals surface area contributed by atoms with Crippen molar-refractivity contribution in [1.29, 1.82) is 0 Å². The van der Waals surface area contributed by atoms with E-state index in [0.29, 0.717) is 0 Å². The summed E-state index contributed by atoms with van der Waals surface area (Å²) in [5, 5.41) is 14.6. The van der Waals surface area contributed by atoms with Gasteiger partial charge in [-0.2, -0.15) is 0 Å². The fraction of sp³-hybridized carbons (Fsp3) is 0. The zero-order valence-electron chi connectivity index (χ0n) is 34.3. The molecule has 12 aromatic carbocycles. The van der Waals surface area contributed by atoms with Gasteiger partial charge in [-0.1, -0.05) is 194 Å². The van der Waals surface area contributed by atoms with Crippen molar-refractivity contribution in [1.82, 2.24) is 0 Å². The number of hydrogen-bond acceptors (Lipinski definition) is 1. The molecule has 0 N–H and O–H groups in total. The molecule has 0 spiro atoms. The van der Waals surface area contributed by atoms with E-state index in [-0.39, 0.29) is 0 Å². The molecule has 0 radical (unpaired) electrons. The van der Waals surface area contributed by atoms with Gasteiger partial charge in [-0.15, -0.1) is 0 Å². The maximum absolute atomic E-state index is 6.45. The van der Waals surface area contributed by atoms with Crippen LogP contribution in [-0.4, -0.2) is 0 Å². The first-order valence-corrected chi connectivity index (χ1v) is 21.7. The van der Waals surface area contributed by atoms with Crippen LogP contribution in [0.15, 0.2) is 235 Å². The fourth-order valence-electron chi connectivity index (χ4n) is 10.3. The average Bonchev–Trinajstić information content (AvgIpc) is 3.74. The lowest BCUT2D eigenvalue weighted by atomic mass is 9.83. The first-order valence-electron chi connectivity index (χ1n) is 21.7. The highest BCUT2D eigenvalue weighted by Gasteiger charge is 2.20. The van der Waals surface area contributed by atoms with Crippen molar-refractivity contribution in [2.75, 3.05) is 0 Å². The summed E-state index contributed by atoms with van der Waals surface area (Å²) < 4.78 is 6.45. The van der Waals surface area contributed by atoms with Crippen LogP contribution >= 0.6 is 0 Å². The van der Waals surface area contributed by atoms with Crippen molar-refractivity contribution < 1.29 is 4.42 Å². The Morgan fingerprint density at radius 3 is 1.27 bits per heavy atom. The molecule has 0 fully saturated rings. The standard InChI is InChI=1S/C62H38O/c1-4-22-48-39(13-1)16-11-27-50(48)44-18-9-20-46(35-44)60-53-25-7-8-26-54(53)61(47-21-10-19-45(36-47)51-28-12-17-40-14-2-5-23-49(40)51)56-37-42(29-32-55(56)60)43-31-33-58-57(38-43)62-52-24-6-3-15-41(52)30-34-59(62)63-58/h1-38H. The lowest BCUT2D eigenvalue weighted by molar-refractivity contribution is 0.669. The largest absolute Gasteiger partial charge is 0.456 e. The Bertz CT molecular complexity index is 3970. The lowest BCUT2D eigenvalue weighted by Gasteiger charge is -2.20. The molecule has 0 aliphatic carbocycles. The molecule has 0 aliphatic rings. The maximum Gasteiger partial charge on any atom is 0.136 e. The van der Waals surface area contributed by atoms with Gasteiger partial charge in [-0.25, -0.2) is 0 Å². The topological polar surface area (TPSA) is 13.1 Å². The molecule has 1 nitrogen and oxygen atoms in total. The Morgan fingerprint density at radius 1 is 0.222 bits per heavy atom. The van der Waals surface area contributed by atoms with Crippen LogP contribution in [0.1, 0.15) is 0 Å². The van der Waals surface area contributed by atoms with Crippen LogP contribution in [0.5, 0.6) is 0 Å². The molecular weight excluding hydrogens is 761 g/mol. The minimum absolute atomic E-state index is 0.899. The van der Waals surface area contributed by atoms with Crippen molar-refractivity contribution in [2.24, 2.45) is 0 Å². The highest BCUT2D eigenvalue weighted by molar-refractivity contribution is 6.23. The Hall–Kier alpha value is -8.26. The number of benzene rings is 12. The van der Waals surface area contributed by atoms with E-state index in [9.17, 15) is 0 Å². The number of hydrogen-bond donors (Lipinski definition) is 0. The summed E-state index contributed by atoms with van der Waals surface area (Å²) in [7, 11) is 0. The van der Waals surface area contributed by atoms with Gasteiger partial charge in [0.1, 0.15) is 11.2 Å². The molecule has 0 amide bonds. The zero-order chi connectivity index (χ0) is 41.4. The molecule has 1 heterocycles. The van der Waals surface area contributed by atoms with Gasteiger partial charge in [0.15, 0.2) is 0 Å². The quantitative estimate of drug-likeness (QED) is 0.158. The van der Waals surface area contributed by atoms with Gasteiger partial charge >= 0.3 is 0 Å². The SMILES string of the molecule is c1cc(-c2cccc3ccccc23)cc(-c2c3ccccc3c(-c3cccc(-c4cccc5ccccc45)c3)c3cc(-c4ccc5oc6ccc7ccccc7c6c5c4)ccc23)c1. The Balaban J connectivity index is 1.08. The molecule has 1 aromatic heterocycles. The minimum atomic E-state index is 0.899. The van der Waals surface area contributed by atoms with Crippen molar-refractivity contribution in [2.45, 2.75) is 0 Å². The van der Waals surface area contributed by atoms with Crippen LogP contribution < -0.4 is 0 Å². The Kier molecular flexibility index (Phi) is 7.98. The molecular formula is C62H38O. The monoisotopic (exact) mass is 798 g/mol. The van der Waals surface area contributed by atoms with E-state index in [0.717, 1.165) is 33.1 Å². The number of furan rings is 1. The van der Waals surface area contributed by atoms with Gasteiger partial charge in [0.2, 0.25) is 0 Å². The van der Waals surface area contributed by atoms with Crippen LogP contribution in [0.25, 0.3) is 131 Å². The summed E-state index contributed by atoms with van der Waals surface area (Å²) in [6.45, 7) is 0. The van der Waals surface area contributed by atoms with E-state index in [1.807, 2.05) is 0 Å². The number of rotatable bonds is 5. The van der Waals surface area contributed by atoms with Crippen molar-refractivity contribution in [3.05, 3.63) is 231 Å². The van der Waals surface area contributed by atoms with E-state index in [4.69, 9.17) is 4.42 Å². The second-order valence-corrected chi connectivity index (χ2v) is 16.7. The molecule has 0 unspecified atom stereocenters. The van der Waals surface area contributed by atoms with Crippen LogP contribution in [0.4, 0.5) is 0 Å². The van der Waals surface area contributed by atoms with Gasteiger partial charge in [0, 0.05) is 10.8 Å². The second kappa shape index (κ2) is 14.2. The molecule has 0 bridgehead atoms. The Morgan fingerprint density at radius 2 is 0.651 bits per heavy atom. The van der Waals surface area contributed by atoms with Crippen LogP contribution in [0, 0.1) is 0 Å². The van der Waals surface area contributed by atoms with Crippen molar-refractivity contribution >= 4 is 75.8 Å². The average molecular weight is 799 g/mol. The van der Waals surface area contributed by atoms with Gasteiger partial charge in [-0.3, -0.25) is 0 Å². The fourth-order valence-corrected chi connectivity index (χ4v) is 10.3. The van der Waals surface area contributed by atoms with E-state index in [1.165, 1.54) is 98.4 Å². The van der Waals surface area contributed by atoms with Gasteiger partial charge in [-0.05, 0) is 146 Å². The third-order valence-electron chi connectivity index (χ3n) is 13.2. The first kappa shape index (κ1) is 35.5. The van der Waals surface area contributed by atoms with E-state index in [1.54, 1.807) is 0 Å². The van der Waals surface area contributed by atoms with Crippen molar-refractivity contribution in [3.8, 4) is 55.6 Å². The van der Waals surface area contributed by atoms with E-state index in [2.05, 4.69) is 231 Å². The predicted octanol–water partition coefficient (Wildman–Crippen LogP) is 17.7. The molecule has 13 aromatic rings. The smallest absolute Gasteiger partial charge is 0.136 e. The molecule has 0 atom stereocenters. The van der Waals surface area contributed by atoms with Gasteiger partial charge in [0.25, 0.3) is 0 Å². The van der Waals surface area contributed by atoms with E-state index < -0.39 is 0 Å². The summed E-state index contributed by atoms with van der Waals surface area (Å²) in [6.07, 6.45) is 0. The van der Waals surface area contributed by atoms with Crippen LogP contribution in [-0.2, 0) is 0 Å². The Labute approximate surface area is 364 Å². The molecule has 0 saturated carbocycles. The summed E-state index contributed by atoms with van der Waals surface area (Å²) in [5.74, 6) is 0. The summed E-state index contributed by atoms with van der Waals surface area (Å²) in [5.41, 5.74) is 13.9. The summed E-state index contributed by atoms with van der Waals surface area (Å²) >= 11 is 0.